The zero-order chi connectivity index (χ0) is 15.7. The quantitative estimate of drug-likeness (QED) is 0.823. The number of piperidine rings is 1. The minimum atomic E-state index is -1.06. The van der Waals surface area contributed by atoms with Gasteiger partial charge in [-0.1, -0.05) is 13.8 Å². The van der Waals surface area contributed by atoms with Gasteiger partial charge in [0.05, 0.1) is 0 Å². The molecule has 0 aromatic rings. The van der Waals surface area contributed by atoms with Crippen molar-refractivity contribution in [1.29, 1.82) is 0 Å². The van der Waals surface area contributed by atoms with E-state index in [4.69, 9.17) is 0 Å². The van der Waals surface area contributed by atoms with E-state index in [0.29, 0.717) is 18.4 Å². The van der Waals surface area contributed by atoms with Crippen LogP contribution in [0.4, 0.5) is 4.79 Å². The second kappa shape index (κ2) is 5.85. The topological polar surface area (TPSA) is 69.6 Å². The van der Waals surface area contributed by atoms with Crippen molar-refractivity contribution in [3.8, 4) is 0 Å². The van der Waals surface area contributed by atoms with Gasteiger partial charge in [-0.2, -0.15) is 0 Å². The lowest BCUT2D eigenvalue weighted by molar-refractivity contribution is -0.150. The smallest absolute Gasteiger partial charge is 0.329 e. The van der Waals surface area contributed by atoms with Crippen molar-refractivity contribution in [2.24, 2.45) is 5.41 Å². The third kappa shape index (κ3) is 3.50. The van der Waals surface area contributed by atoms with E-state index in [1.54, 1.807) is 6.92 Å². The van der Waals surface area contributed by atoms with E-state index in [0.717, 1.165) is 38.5 Å². The molecule has 1 atom stereocenters. The fourth-order valence-electron chi connectivity index (χ4n) is 3.47. The lowest BCUT2D eigenvalue weighted by Gasteiger charge is -2.43. The van der Waals surface area contributed by atoms with Gasteiger partial charge < -0.3 is 15.3 Å². The number of likely N-dealkylation sites (tertiary alicyclic amines) is 1. The van der Waals surface area contributed by atoms with Gasteiger partial charge in [0.1, 0.15) is 5.54 Å². The first-order chi connectivity index (χ1) is 9.74. The average Bonchev–Trinajstić information content (AvgIpc) is 2.41. The summed E-state index contributed by atoms with van der Waals surface area (Å²) in [4.78, 5) is 25.6. The standard InChI is InChI=1S/C16H28N2O3/c1-15(2)9-6-12(7-10-15)17-14(21)18-11-5-4-8-16(18,3)13(19)20/h12H,4-11H2,1-3H3,(H,17,21)(H,19,20). The molecule has 2 aliphatic rings. The van der Waals surface area contributed by atoms with Crippen LogP contribution in [0.25, 0.3) is 0 Å². The van der Waals surface area contributed by atoms with E-state index >= 15 is 0 Å². The molecule has 21 heavy (non-hydrogen) atoms. The van der Waals surface area contributed by atoms with Crippen molar-refractivity contribution in [3.63, 3.8) is 0 Å². The number of carboxylic acid groups (broad SMARTS) is 1. The molecule has 0 spiro atoms. The van der Waals surface area contributed by atoms with Gasteiger partial charge in [0, 0.05) is 12.6 Å². The number of nitrogens with zero attached hydrogens (tertiary/aromatic N) is 1. The Morgan fingerprint density at radius 3 is 2.29 bits per heavy atom. The molecule has 1 aliphatic heterocycles. The van der Waals surface area contributed by atoms with Crippen LogP contribution in [0.3, 0.4) is 0 Å². The van der Waals surface area contributed by atoms with E-state index in [1.807, 2.05) is 0 Å². The first-order valence-corrected chi connectivity index (χ1v) is 8.06. The number of amides is 2. The molecule has 2 amide bonds. The number of hydrogen-bond donors (Lipinski definition) is 2. The third-order valence-corrected chi connectivity index (χ3v) is 5.26. The van der Waals surface area contributed by atoms with E-state index < -0.39 is 11.5 Å². The lowest BCUT2D eigenvalue weighted by atomic mass is 9.75. The van der Waals surface area contributed by atoms with E-state index in [1.165, 1.54) is 4.90 Å². The summed E-state index contributed by atoms with van der Waals surface area (Å²) in [6.45, 7) is 6.72. The Kier molecular flexibility index (Phi) is 4.49. The number of rotatable bonds is 2. The Morgan fingerprint density at radius 1 is 1.10 bits per heavy atom. The Balaban J connectivity index is 1.97. The maximum Gasteiger partial charge on any atom is 0.329 e. The van der Waals surface area contributed by atoms with Crippen molar-refractivity contribution < 1.29 is 14.7 Å². The summed E-state index contributed by atoms with van der Waals surface area (Å²) in [5, 5.41) is 12.5. The number of aliphatic carboxylic acids is 1. The molecule has 5 nitrogen and oxygen atoms in total. The molecular formula is C16H28N2O3. The second-order valence-electron chi connectivity index (χ2n) is 7.58. The van der Waals surface area contributed by atoms with Gasteiger partial charge in [-0.3, -0.25) is 0 Å². The highest BCUT2D eigenvalue weighted by atomic mass is 16.4. The van der Waals surface area contributed by atoms with Gasteiger partial charge in [0.25, 0.3) is 0 Å². The number of urea groups is 1. The van der Waals surface area contributed by atoms with Crippen LogP contribution in [0, 0.1) is 5.41 Å². The van der Waals surface area contributed by atoms with Crippen LogP contribution < -0.4 is 5.32 Å². The van der Waals surface area contributed by atoms with Crippen LogP contribution in [0.15, 0.2) is 0 Å². The Bertz CT molecular complexity index is 412. The van der Waals surface area contributed by atoms with Crippen LogP contribution in [-0.2, 0) is 4.79 Å². The lowest BCUT2D eigenvalue weighted by Crippen LogP contribution is -2.61. The summed E-state index contributed by atoms with van der Waals surface area (Å²) in [6, 6.07) is -0.0187. The Hall–Kier alpha value is -1.26. The molecule has 5 heteroatoms. The molecular weight excluding hydrogens is 268 g/mol. The van der Waals surface area contributed by atoms with E-state index in [2.05, 4.69) is 19.2 Å². The summed E-state index contributed by atoms with van der Waals surface area (Å²) in [5.74, 6) is -0.901. The van der Waals surface area contributed by atoms with Gasteiger partial charge in [0.15, 0.2) is 0 Å². The number of carboxylic acids is 1. The van der Waals surface area contributed by atoms with Crippen molar-refractivity contribution in [2.75, 3.05) is 6.54 Å². The summed E-state index contributed by atoms with van der Waals surface area (Å²) in [7, 11) is 0. The average molecular weight is 296 g/mol. The molecule has 0 radical (unpaired) electrons. The molecule has 1 unspecified atom stereocenters. The van der Waals surface area contributed by atoms with E-state index in [-0.39, 0.29) is 12.1 Å². The molecule has 2 N–H and O–H groups in total. The molecule has 120 valence electrons. The summed E-state index contributed by atoms with van der Waals surface area (Å²) in [6.07, 6.45) is 6.46. The van der Waals surface area contributed by atoms with Gasteiger partial charge in [0.2, 0.25) is 0 Å². The number of nitrogens with one attached hydrogen (secondary N) is 1. The highest BCUT2D eigenvalue weighted by Gasteiger charge is 2.44. The molecule has 0 bridgehead atoms. The molecule has 2 rings (SSSR count). The van der Waals surface area contributed by atoms with Crippen molar-refractivity contribution in [3.05, 3.63) is 0 Å². The fraction of sp³-hybridized carbons (Fsp3) is 0.875. The third-order valence-electron chi connectivity index (χ3n) is 5.26. The normalized spacial score (nSPS) is 30.0. The number of hydrogen-bond acceptors (Lipinski definition) is 2. The summed E-state index contributed by atoms with van der Waals surface area (Å²) >= 11 is 0. The first-order valence-electron chi connectivity index (χ1n) is 8.06. The minimum Gasteiger partial charge on any atom is -0.480 e. The van der Waals surface area contributed by atoms with Crippen LogP contribution >= 0.6 is 0 Å². The molecule has 1 saturated carbocycles. The number of carbonyl (C=O) groups excluding carboxylic acids is 1. The fourth-order valence-corrected chi connectivity index (χ4v) is 3.47. The Morgan fingerprint density at radius 2 is 1.71 bits per heavy atom. The van der Waals surface area contributed by atoms with Crippen molar-refractivity contribution in [2.45, 2.75) is 77.3 Å². The van der Waals surface area contributed by atoms with Crippen LogP contribution in [0.5, 0.6) is 0 Å². The van der Waals surface area contributed by atoms with Gasteiger partial charge in [-0.25, -0.2) is 9.59 Å². The largest absolute Gasteiger partial charge is 0.480 e. The highest BCUT2D eigenvalue weighted by Crippen LogP contribution is 2.35. The minimum absolute atomic E-state index is 0.186. The Labute approximate surface area is 127 Å². The predicted molar refractivity (Wildman–Crippen MR) is 81.2 cm³/mol. The van der Waals surface area contributed by atoms with Crippen LogP contribution in [0.1, 0.15) is 65.7 Å². The van der Waals surface area contributed by atoms with Gasteiger partial charge in [-0.15, -0.1) is 0 Å². The molecule has 1 saturated heterocycles. The molecule has 1 aliphatic carbocycles. The predicted octanol–water partition coefficient (Wildman–Crippen LogP) is 2.99. The zero-order valence-electron chi connectivity index (χ0n) is 13.4. The number of carbonyl (C=O) groups is 2. The zero-order valence-corrected chi connectivity index (χ0v) is 13.4. The monoisotopic (exact) mass is 296 g/mol. The van der Waals surface area contributed by atoms with Gasteiger partial charge in [-0.05, 0) is 57.3 Å². The summed E-state index contributed by atoms with van der Waals surface area (Å²) in [5.41, 5.74) is -0.696. The van der Waals surface area contributed by atoms with Crippen molar-refractivity contribution >= 4 is 12.0 Å². The van der Waals surface area contributed by atoms with Crippen LogP contribution in [-0.4, -0.2) is 40.1 Å². The molecule has 2 fully saturated rings. The van der Waals surface area contributed by atoms with E-state index in [9.17, 15) is 14.7 Å². The van der Waals surface area contributed by atoms with Gasteiger partial charge >= 0.3 is 12.0 Å². The first kappa shape index (κ1) is 16.1. The molecule has 0 aromatic heterocycles. The molecule has 1 heterocycles. The highest BCUT2D eigenvalue weighted by molar-refractivity contribution is 5.86. The molecule has 0 aromatic carbocycles. The maximum atomic E-state index is 12.5. The van der Waals surface area contributed by atoms with Crippen LogP contribution in [0.2, 0.25) is 0 Å². The maximum absolute atomic E-state index is 12.5. The van der Waals surface area contributed by atoms with Crippen molar-refractivity contribution in [1.82, 2.24) is 10.2 Å². The SMILES string of the molecule is CC1(C)CCC(NC(=O)N2CCCCC2(C)C(=O)O)CC1. The second-order valence-corrected chi connectivity index (χ2v) is 7.58. The summed E-state index contributed by atoms with van der Waals surface area (Å²) < 4.78 is 0.